The van der Waals surface area contributed by atoms with Crippen molar-refractivity contribution in [2.45, 2.75) is 13.0 Å². The Labute approximate surface area is 72.2 Å². The maximum Gasteiger partial charge on any atom is 0.202 e. The van der Waals surface area contributed by atoms with Crippen LogP contribution in [0.4, 0.5) is 0 Å². The third-order valence-corrected chi connectivity index (χ3v) is 3.37. The first-order valence-corrected chi connectivity index (χ1v) is 6.26. The van der Waals surface area contributed by atoms with E-state index in [1.165, 1.54) is 6.66 Å². The normalized spacial score (nSPS) is 19.3. The van der Waals surface area contributed by atoms with Crippen molar-refractivity contribution in [1.29, 1.82) is 0 Å². The third-order valence-electron chi connectivity index (χ3n) is 1.12. The SMILES string of the molecule is CCOP(C)(=O)C[C@@H](O)CCl. The van der Waals surface area contributed by atoms with Crippen LogP contribution in [0.2, 0.25) is 0 Å². The Kier molecular flexibility index (Phi) is 5.36. The Balaban J connectivity index is 3.81. The summed E-state index contributed by atoms with van der Waals surface area (Å²) in [6, 6.07) is 0. The summed E-state index contributed by atoms with van der Waals surface area (Å²) in [5.41, 5.74) is 0. The van der Waals surface area contributed by atoms with Crippen LogP contribution in [0, 0.1) is 0 Å². The van der Waals surface area contributed by atoms with Crippen LogP contribution in [-0.2, 0) is 9.09 Å². The van der Waals surface area contributed by atoms with Gasteiger partial charge < -0.3 is 9.63 Å². The molecule has 1 unspecified atom stereocenters. The van der Waals surface area contributed by atoms with E-state index < -0.39 is 13.5 Å². The molecule has 3 nitrogen and oxygen atoms in total. The predicted molar refractivity (Wildman–Crippen MR) is 46.8 cm³/mol. The molecule has 0 aromatic heterocycles. The Bertz CT molecular complexity index is 151. The zero-order chi connectivity index (χ0) is 8.91. The molecular formula is C6H14ClO3P. The molecule has 11 heavy (non-hydrogen) atoms. The molecule has 0 amide bonds. The second kappa shape index (κ2) is 5.15. The Morgan fingerprint density at radius 3 is 2.64 bits per heavy atom. The van der Waals surface area contributed by atoms with Crippen LogP contribution >= 0.6 is 19.0 Å². The largest absolute Gasteiger partial charge is 0.391 e. The first-order chi connectivity index (χ1) is 5.02. The average Bonchev–Trinajstić information content (AvgIpc) is 1.86. The first kappa shape index (κ1) is 11.4. The number of aliphatic hydroxyl groups excluding tert-OH is 1. The molecule has 0 aliphatic rings. The van der Waals surface area contributed by atoms with Crippen molar-refractivity contribution in [3.8, 4) is 0 Å². The lowest BCUT2D eigenvalue weighted by atomic mass is 10.5. The highest BCUT2D eigenvalue weighted by Gasteiger charge is 2.19. The van der Waals surface area contributed by atoms with E-state index in [0.717, 1.165) is 0 Å². The van der Waals surface area contributed by atoms with Crippen LogP contribution in [0.3, 0.4) is 0 Å². The summed E-state index contributed by atoms with van der Waals surface area (Å²) in [6.07, 6.45) is -0.580. The molecule has 5 heteroatoms. The average molecular weight is 201 g/mol. The maximum absolute atomic E-state index is 11.3. The fourth-order valence-electron chi connectivity index (χ4n) is 0.757. The second-order valence-electron chi connectivity index (χ2n) is 2.42. The van der Waals surface area contributed by atoms with E-state index in [0.29, 0.717) is 6.61 Å². The van der Waals surface area contributed by atoms with Crippen molar-refractivity contribution in [3.63, 3.8) is 0 Å². The Morgan fingerprint density at radius 1 is 1.73 bits per heavy atom. The van der Waals surface area contributed by atoms with Gasteiger partial charge in [0.2, 0.25) is 7.37 Å². The highest BCUT2D eigenvalue weighted by Crippen LogP contribution is 2.42. The van der Waals surface area contributed by atoms with E-state index in [4.69, 9.17) is 21.2 Å². The van der Waals surface area contributed by atoms with Crippen LogP contribution in [0.15, 0.2) is 0 Å². The minimum absolute atomic E-state index is 0.102. The summed E-state index contributed by atoms with van der Waals surface area (Å²) >= 11 is 5.33. The van der Waals surface area contributed by atoms with E-state index in [-0.39, 0.29) is 12.0 Å². The lowest BCUT2D eigenvalue weighted by molar-refractivity contribution is 0.214. The minimum atomic E-state index is -2.60. The zero-order valence-corrected chi connectivity index (χ0v) is 8.44. The molecule has 0 radical (unpaired) electrons. The standard InChI is InChI=1S/C6H14ClO3P/c1-3-10-11(2,9)5-6(8)4-7/h6,8H,3-5H2,1-2H3/t6-,11?/m0/s1. The molecule has 0 bridgehead atoms. The van der Waals surface area contributed by atoms with Gasteiger partial charge in [0.1, 0.15) is 0 Å². The molecule has 0 heterocycles. The van der Waals surface area contributed by atoms with E-state index >= 15 is 0 Å². The van der Waals surface area contributed by atoms with Gasteiger partial charge in [-0.25, -0.2) is 0 Å². The van der Waals surface area contributed by atoms with E-state index in [1.54, 1.807) is 6.92 Å². The monoisotopic (exact) mass is 200 g/mol. The highest BCUT2D eigenvalue weighted by atomic mass is 35.5. The van der Waals surface area contributed by atoms with Gasteiger partial charge in [-0.15, -0.1) is 11.6 Å². The molecule has 0 spiro atoms. The molecule has 0 saturated carbocycles. The smallest absolute Gasteiger partial charge is 0.202 e. The van der Waals surface area contributed by atoms with Gasteiger partial charge in [0, 0.05) is 12.5 Å². The molecule has 0 aromatic carbocycles. The van der Waals surface area contributed by atoms with Crippen LogP contribution in [0.1, 0.15) is 6.92 Å². The maximum atomic E-state index is 11.3. The van der Waals surface area contributed by atoms with Crippen molar-refractivity contribution < 1.29 is 14.2 Å². The van der Waals surface area contributed by atoms with Crippen molar-refractivity contribution in [2.75, 3.05) is 25.3 Å². The Morgan fingerprint density at radius 2 is 2.27 bits per heavy atom. The van der Waals surface area contributed by atoms with Crippen LogP contribution in [0.5, 0.6) is 0 Å². The fraction of sp³-hybridized carbons (Fsp3) is 1.00. The molecule has 0 aliphatic heterocycles. The van der Waals surface area contributed by atoms with Crippen LogP contribution < -0.4 is 0 Å². The summed E-state index contributed by atoms with van der Waals surface area (Å²) in [5, 5.41) is 9.04. The quantitative estimate of drug-likeness (QED) is 0.541. The van der Waals surface area contributed by atoms with Gasteiger partial charge in [-0.2, -0.15) is 0 Å². The summed E-state index contributed by atoms with van der Waals surface area (Å²) in [6.45, 7) is 3.68. The van der Waals surface area contributed by atoms with Gasteiger partial charge in [0.25, 0.3) is 0 Å². The number of halogens is 1. The molecule has 0 aromatic rings. The molecule has 68 valence electrons. The summed E-state index contributed by atoms with van der Waals surface area (Å²) in [7, 11) is -2.60. The summed E-state index contributed by atoms with van der Waals surface area (Å²) in [4.78, 5) is 0. The van der Waals surface area contributed by atoms with Crippen LogP contribution in [-0.4, -0.2) is 36.5 Å². The van der Waals surface area contributed by atoms with E-state index in [2.05, 4.69) is 0 Å². The van der Waals surface area contributed by atoms with Gasteiger partial charge >= 0.3 is 0 Å². The lowest BCUT2D eigenvalue weighted by Crippen LogP contribution is -2.14. The molecule has 0 rings (SSSR count). The van der Waals surface area contributed by atoms with Crippen LogP contribution in [0.25, 0.3) is 0 Å². The van der Waals surface area contributed by atoms with Gasteiger partial charge in [0.15, 0.2) is 0 Å². The van der Waals surface area contributed by atoms with E-state index in [9.17, 15) is 4.57 Å². The van der Waals surface area contributed by atoms with Gasteiger partial charge in [0.05, 0.1) is 18.9 Å². The van der Waals surface area contributed by atoms with Crippen molar-refractivity contribution in [2.24, 2.45) is 0 Å². The van der Waals surface area contributed by atoms with E-state index in [1.807, 2.05) is 0 Å². The number of alkyl halides is 1. The molecule has 0 aliphatic carbocycles. The fourth-order valence-corrected chi connectivity index (χ4v) is 2.57. The number of rotatable bonds is 5. The predicted octanol–water partition coefficient (Wildman–Crippen LogP) is 1.53. The first-order valence-electron chi connectivity index (χ1n) is 3.47. The lowest BCUT2D eigenvalue weighted by Gasteiger charge is -2.14. The third kappa shape index (κ3) is 5.68. The summed E-state index contributed by atoms with van der Waals surface area (Å²) in [5.74, 6) is 0.102. The Hall–Kier alpha value is 0.440. The number of aliphatic hydroxyl groups is 1. The molecule has 0 fully saturated rings. The molecule has 0 saturated heterocycles. The zero-order valence-electron chi connectivity index (χ0n) is 6.79. The topological polar surface area (TPSA) is 46.5 Å². The second-order valence-corrected chi connectivity index (χ2v) is 5.38. The van der Waals surface area contributed by atoms with Crippen molar-refractivity contribution in [1.82, 2.24) is 0 Å². The van der Waals surface area contributed by atoms with Crippen molar-refractivity contribution >= 4 is 19.0 Å². The molecular weight excluding hydrogens is 186 g/mol. The summed E-state index contributed by atoms with van der Waals surface area (Å²) < 4.78 is 16.3. The van der Waals surface area contributed by atoms with Crippen molar-refractivity contribution in [3.05, 3.63) is 0 Å². The highest BCUT2D eigenvalue weighted by molar-refractivity contribution is 7.58. The molecule has 2 atom stereocenters. The van der Waals surface area contributed by atoms with Gasteiger partial charge in [-0.05, 0) is 6.92 Å². The minimum Gasteiger partial charge on any atom is -0.391 e. The van der Waals surface area contributed by atoms with Gasteiger partial charge in [-0.3, -0.25) is 4.57 Å². The van der Waals surface area contributed by atoms with Gasteiger partial charge in [-0.1, -0.05) is 0 Å². The number of hydrogen-bond acceptors (Lipinski definition) is 3. The number of hydrogen-bond donors (Lipinski definition) is 1. The molecule has 1 N–H and O–H groups in total.